The summed E-state index contributed by atoms with van der Waals surface area (Å²) in [5.41, 5.74) is 5.34. The van der Waals surface area contributed by atoms with Gasteiger partial charge in [-0.15, -0.1) is 11.3 Å². The molecule has 0 saturated heterocycles. The van der Waals surface area contributed by atoms with Gasteiger partial charge in [0, 0.05) is 13.1 Å². The summed E-state index contributed by atoms with van der Waals surface area (Å²) >= 11 is 6.45. The van der Waals surface area contributed by atoms with Crippen molar-refractivity contribution in [1.29, 1.82) is 0 Å². The second kappa shape index (κ2) is 4.79. The second-order valence-corrected chi connectivity index (χ2v) is 6.77. The van der Waals surface area contributed by atoms with Crippen LogP contribution in [-0.2, 0) is 10.0 Å². The summed E-state index contributed by atoms with van der Waals surface area (Å²) in [6, 6.07) is 0. The predicted octanol–water partition coefficient (Wildman–Crippen LogP) is 1.72. The lowest BCUT2D eigenvalue weighted by Gasteiger charge is -2.17. The molecule has 0 atom stereocenters. The third-order valence-corrected chi connectivity index (χ3v) is 6.08. The highest BCUT2D eigenvalue weighted by atomic mass is 35.5. The minimum absolute atomic E-state index is 0.0857. The fourth-order valence-electron chi connectivity index (χ4n) is 1.24. The van der Waals surface area contributed by atoms with Crippen molar-refractivity contribution in [3.05, 3.63) is 4.34 Å². The predicted molar refractivity (Wildman–Crippen MR) is 65.5 cm³/mol. The van der Waals surface area contributed by atoms with Crippen molar-refractivity contribution < 1.29 is 13.5 Å². The first-order chi connectivity index (χ1) is 7.36. The largest absolute Gasteiger partial charge is 0.504 e. The Kier molecular flexibility index (Phi) is 4.06. The molecule has 0 aliphatic rings. The summed E-state index contributed by atoms with van der Waals surface area (Å²) in [5, 5.41) is 9.59. The van der Waals surface area contributed by atoms with E-state index in [9.17, 15) is 13.5 Å². The third kappa shape index (κ3) is 2.13. The molecular weight excluding hydrogens is 272 g/mol. The van der Waals surface area contributed by atoms with Crippen molar-refractivity contribution in [3.8, 4) is 5.75 Å². The van der Waals surface area contributed by atoms with E-state index in [1.807, 2.05) is 0 Å². The molecule has 0 unspecified atom stereocenters. The van der Waals surface area contributed by atoms with E-state index in [4.69, 9.17) is 17.3 Å². The van der Waals surface area contributed by atoms with E-state index in [1.165, 1.54) is 4.31 Å². The zero-order valence-corrected chi connectivity index (χ0v) is 11.3. The molecule has 1 aromatic rings. The van der Waals surface area contributed by atoms with Gasteiger partial charge in [-0.1, -0.05) is 25.4 Å². The summed E-state index contributed by atoms with van der Waals surface area (Å²) in [6.07, 6.45) is 0. The number of halogens is 1. The molecule has 0 bridgehead atoms. The molecule has 1 aromatic heterocycles. The first-order valence-corrected chi connectivity index (χ1v) is 7.26. The number of hydrogen-bond donors (Lipinski definition) is 2. The van der Waals surface area contributed by atoms with E-state index in [1.54, 1.807) is 13.8 Å². The van der Waals surface area contributed by atoms with Crippen LogP contribution in [0, 0.1) is 0 Å². The van der Waals surface area contributed by atoms with E-state index in [-0.39, 0.29) is 14.2 Å². The van der Waals surface area contributed by atoms with Crippen molar-refractivity contribution in [2.24, 2.45) is 0 Å². The van der Waals surface area contributed by atoms with Crippen molar-refractivity contribution in [2.45, 2.75) is 18.1 Å². The zero-order chi connectivity index (χ0) is 12.5. The van der Waals surface area contributed by atoms with Crippen LogP contribution in [0.25, 0.3) is 0 Å². The van der Waals surface area contributed by atoms with E-state index in [2.05, 4.69) is 0 Å². The monoisotopic (exact) mass is 284 g/mol. The van der Waals surface area contributed by atoms with E-state index >= 15 is 0 Å². The van der Waals surface area contributed by atoms with Crippen LogP contribution >= 0.6 is 22.9 Å². The van der Waals surface area contributed by atoms with E-state index < -0.39 is 15.8 Å². The number of aromatic hydroxyl groups is 1. The maximum Gasteiger partial charge on any atom is 0.256 e. The Morgan fingerprint density at radius 3 is 2.25 bits per heavy atom. The van der Waals surface area contributed by atoms with Crippen LogP contribution < -0.4 is 5.73 Å². The summed E-state index contributed by atoms with van der Waals surface area (Å²) in [5.74, 6) is -0.457. The number of rotatable bonds is 4. The van der Waals surface area contributed by atoms with Crippen LogP contribution in [0.2, 0.25) is 4.34 Å². The van der Waals surface area contributed by atoms with E-state index in [0.29, 0.717) is 13.1 Å². The molecule has 0 spiro atoms. The molecule has 16 heavy (non-hydrogen) atoms. The van der Waals surface area contributed by atoms with Crippen molar-refractivity contribution >= 4 is 38.6 Å². The molecule has 1 heterocycles. The molecular formula is C8H13ClN2O3S2. The van der Waals surface area contributed by atoms with Gasteiger partial charge >= 0.3 is 0 Å². The number of nitrogen functional groups attached to an aromatic ring is 1. The van der Waals surface area contributed by atoms with Gasteiger partial charge in [0.2, 0.25) is 0 Å². The summed E-state index contributed by atoms with van der Waals surface area (Å²) < 4.78 is 25.2. The van der Waals surface area contributed by atoms with Gasteiger partial charge in [0.1, 0.15) is 10.0 Å². The van der Waals surface area contributed by atoms with Gasteiger partial charge in [0.25, 0.3) is 10.0 Å². The van der Waals surface area contributed by atoms with Crippen molar-refractivity contribution in [2.75, 3.05) is 18.8 Å². The van der Waals surface area contributed by atoms with Gasteiger partial charge in [-0.2, -0.15) is 4.31 Å². The highest BCUT2D eigenvalue weighted by Gasteiger charge is 2.29. The standard InChI is InChI=1S/C8H13ClN2O3S2/c1-3-11(4-2)16(13,14)8-6(12)5(10)7(9)15-8/h12H,3-4,10H2,1-2H3. The van der Waals surface area contributed by atoms with Gasteiger partial charge < -0.3 is 10.8 Å². The molecule has 0 fully saturated rings. The van der Waals surface area contributed by atoms with Crippen LogP contribution in [0.15, 0.2) is 4.21 Å². The van der Waals surface area contributed by atoms with Gasteiger partial charge in [-0.25, -0.2) is 8.42 Å². The molecule has 92 valence electrons. The number of anilines is 1. The Balaban J connectivity index is 3.33. The van der Waals surface area contributed by atoms with Crippen molar-refractivity contribution in [3.63, 3.8) is 0 Å². The topological polar surface area (TPSA) is 83.6 Å². The minimum atomic E-state index is -3.70. The number of sulfonamides is 1. The Bertz CT molecular complexity index is 480. The Labute approximate surface area is 103 Å². The smallest absolute Gasteiger partial charge is 0.256 e. The first kappa shape index (κ1) is 13.6. The molecule has 0 aliphatic heterocycles. The molecule has 0 saturated carbocycles. The average Bonchev–Trinajstić information content (AvgIpc) is 2.48. The van der Waals surface area contributed by atoms with Crippen LogP contribution in [-0.4, -0.2) is 30.9 Å². The average molecular weight is 285 g/mol. The van der Waals surface area contributed by atoms with Crippen LogP contribution in [0.5, 0.6) is 5.75 Å². The van der Waals surface area contributed by atoms with Crippen LogP contribution in [0.4, 0.5) is 5.69 Å². The highest BCUT2D eigenvalue weighted by Crippen LogP contribution is 2.44. The van der Waals surface area contributed by atoms with Gasteiger partial charge in [-0.05, 0) is 0 Å². The second-order valence-electron chi connectivity index (χ2n) is 3.01. The fraction of sp³-hybridized carbons (Fsp3) is 0.500. The lowest BCUT2D eigenvalue weighted by Crippen LogP contribution is -2.30. The van der Waals surface area contributed by atoms with Crippen LogP contribution in [0.1, 0.15) is 13.8 Å². The SMILES string of the molecule is CCN(CC)S(=O)(=O)c1sc(Cl)c(N)c1O. The molecule has 8 heteroatoms. The van der Waals surface area contributed by atoms with E-state index in [0.717, 1.165) is 11.3 Å². The number of nitrogens with zero attached hydrogens (tertiary/aromatic N) is 1. The summed E-state index contributed by atoms with van der Waals surface area (Å²) in [6.45, 7) is 4.09. The lowest BCUT2D eigenvalue weighted by molar-refractivity contribution is 0.434. The molecule has 0 radical (unpaired) electrons. The maximum absolute atomic E-state index is 12.0. The number of nitrogens with two attached hydrogens (primary N) is 1. The highest BCUT2D eigenvalue weighted by molar-refractivity contribution is 7.91. The molecule has 0 aromatic carbocycles. The third-order valence-electron chi connectivity index (χ3n) is 2.12. The Hall–Kier alpha value is -0.500. The zero-order valence-electron chi connectivity index (χ0n) is 8.90. The summed E-state index contributed by atoms with van der Waals surface area (Å²) in [4.78, 5) is 0. The Morgan fingerprint density at radius 1 is 1.44 bits per heavy atom. The molecule has 0 aliphatic carbocycles. The first-order valence-electron chi connectivity index (χ1n) is 4.63. The summed E-state index contributed by atoms with van der Waals surface area (Å²) in [7, 11) is -3.70. The van der Waals surface area contributed by atoms with Gasteiger partial charge in [0.15, 0.2) is 9.96 Å². The quantitative estimate of drug-likeness (QED) is 0.882. The number of thiophene rings is 1. The lowest BCUT2D eigenvalue weighted by atomic mass is 10.5. The Morgan fingerprint density at radius 2 is 1.94 bits per heavy atom. The van der Waals surface area contributed by atoms with Crippen LogP contribution in [0.3, 0.4) is 0 Å². The number of hydrogen-bond acceptors (Lipinski definition) is 5. The van der Waals surface area contributed by atoms with Gasteiger partial charge in [0.05, 0.1) is 0 Å². The maximum atomic E-state index is 12.0. The molecule has 3 N–H and O–H groups in total. The normalized spacial score (nSPS) is 12.2. The molecule has 5 nitrogen and oxygen atoms in total. The molecule has 0 amide bonds. The fourth-order valence-corrected chi connectivity index (χ4v) is 4.53. The van der Waals surface area contributed by atoms with Gasteiger partial charge in [-0.3, -0.25) is 0 Å². The molecule has 1 rings (SSSR count). The minimum Gasteiger partial charge on any atom is -0.504 e. The van der Waals surface area contributed by atoms with Crippen molar-refractivity contribution in [1.82, 2.24) is 4.31 Å².